The number of benzene rings is 2. The Morgan fingerprint density at radius 2 is 1.68 bits per heavy atom. The largest absolute Gasteiger partial charge is 0.350 e. The van der Waals surface area contributed by atoms with Gasteiger partial charge in [-0.25, -0.2) is 8.78 Å². The van der Waals surface area contributed by atoms with Crippen molar-refractivity contribution in [2.75, 3.05) is 11.9 Å². The van der Waals surface area contributed by atoms with E-state index in [9.17, 15) is 18.4 Å². The molecule has 3 aromatic rings. The molecule has 0 unspecified atom stereocenters. The van der Waals surface area contributed by atoms with Crippen molar-refractivity contribution in [2.45, 2.75) is 6.42 Å². The fraction of sp³-hybridized carbons (Fsp3) is 0.0952. The number of hydrogen-bond acceptors (Lipinski definition) is 3. The number of carbonyl (C=O) groups excluding carboxylic acids is 2. The first kappa shape index (κ1) is 19.2. The topological polar surface area (TPSA) is 71.1 Å². The van der Waals surface area contributed by atoms with E-state index in [-0.39, 0.29) is 16.9 Å². The zero-order valence-corrected chi connectivity index (χ0v) is 14.8. The van der Waals surface area contributed by atoms with Crippen molar-refractivity contribution in [3.63, 3.8) is 0 Å². The summed E-state index contributed by atoms with van der Waals surface area (Å²) in [5, 5.41) is 5.20. The van der Waals surface area contributed by atoms with Gasteiger partial charge in [0.25, 0.3) is 11.8 Å². The van der Waals surface area contributed by atoms with Gasteiger partial charge in [-0.3, -0.25) is 14.6 Å². The van der Waals surface area contributed by atoms with E-state index in [0.29, 0.717) is 13.0 Å². The summed E-state index contributed by atoms with van der Waals surface area (Å²) in [7, 11) is 0. The minimum atomic E-state index is -1.06. The molecule has 1 aromatic heterocycles. The van der Waals surface area contributed by atoms with Crippen molar-refractivity contribution >= 4 is 17.5 Å². The molecule has 0 aliphatic heterocycles. The van der Waals surface area contributed by atoms with Crippen LogP contribution in [0, 0.1) is 11.6 Å². The van der Waals surface area contributed by atoms with Crippen molar-refractivity contribution in [1.82, 2.24) is 10.3 Å². The van der Waals surface area contributed by atoms with Crippen LogP contribution in [0.1, 0.15) is 26.4 Å². The Balaban J connectivity index is 1.61. The van der Waals surface area contributed by atoms with E-state index >= 15 is 0 Å². The number of carbonyl (C=O) groups is 2. The fourth-order valence-corrected chi connectivity index (χ4v) is 2.53. The molecule has 0 aliphatic carbocycles. The van der Waals surface area contributed by atoms with Gasteiger partial charge in [0, 0.05) is 30.1 Å². The summed E-state index contributed by atoms with van der Waals surface area (Å²) in [6.07, 6.45) is 2.01. The van der Waals surface area contributed by atoms with Gasteiger partial charge in [-0.15, -0.1) is 0 Å². The molecule has 5 nitrogen and oxygen atoms in total. The van der Waals surface area contributed by atoms with Gasteiger partial charge >= 0.3 is 0 Å². The predicted octanol–water partition coefficient (Wildman–Crippen LogP) is 3.58. The lowest BCUT2D eigenvalue weighted by molar-refractivity contribution is 0.0949. The number of amides is 2. The lowest BCUT2D eigenvalue weighted by Gasteiger charge is -2.08. The van der Waals surface area contributed by atoms with Crippen LogP contribution in [0.3, 0.4) is 0 Å². The Hall–Kier alpha value is -3.61. The Morgan fingerprint density at radius 3 is 2.43 bits per heavy atom. The van der Waals surface area contributed by atoms with E-state index < -0.39 is 23.4 Å². The first-order valence-corrected chi connectivity index (χ1v) is 8.57. The maximum Gasteiger partial charge on any atom is 0.269 e. The van der Waals surface area contributed by atoms with Crippen LogP contribution in [-0.4, -0.2) is 23.3 Å². The third-order valence-electron chi connectivity index (χ3n) is 3.97. The summed E-state index contributed by atoms with van der Waals surface area (Å²) in [5.74, 6) is -3.03. The van der Waals surface area contributed by atoms with Gasteiger partial charge in [-0.2, -0.15) is 0 Å². The highest BCUT2D eigenvalue weighted by Gasteiger charge is 2.13. The van der Waals surface area contributed by atoms with E-state index in [1.54, 1.807) is 0 Å². The monoisotopic (exact) mass is 381 g/mol. The smallest absolute Gasteiger partial charge is 0.269 e. The number of aromatic nitrogens is 1. The quantitative estimate of drug-likeness (QED) is 0.686. The first-order chi connectivity index (χ1) is 13.5. The molecule has 0 spiro atoms. The molecule has 0 fully saturated rings. The number of halogens is 2. The molecule has 0 aliphatic rings. The molecule has 7 heteroatoms. The van der Waals surface area contributed by atoms with Gasteiger partial charge in [0.1, 0.15) is 5.69 Å². The molecule has 0 bridgehead atoms. The number of hydrogen-bond donors (Lipinski definition) is 2. The normalized spacial score (nSPS) is 10.4. The third-order valence-corrected chi connectivity index (χ3v) is 3.97. The lowest BCUT2D eigenvalue weighted by Crippen LogP contribution is -2.27. The summed E-state index contributed by atoms with van der Waals surface area (Å²) in [6, 6.07) is 15.5. The van der Waals surface area contributed by atoms with Crippen LogP contribution >= 0.6 is 0 Å². The summed E-state index contributed by atoms with van der Waals surface area (Å²) < 4.78 is 26.2. The molecule has 0 saturated heterocycles. The number of rotatable bonds is 6. The van der Waals surface area contributed by atoms with Crippen molar-refractivity contribution < 1.29 is 18.4 Å². The van der Waals surface area contributed by atoms with Gasteiger partial charge in [0.2, 0.25) is 0 Å². The second-order valence-corrected chi connectivity index (χ2v) is 6.00. The summed E-state index contributed by atoms with van der Waals surface area (Å²) in [5.41, 5.74) is 1.46. The number of nitrogens with one attached hydrogen (secondary N) is 2. The van der Waals surface area contributed by atoms with Gasteiger partial charge in [0.15, 0.2) is 11.6 Å². The van der Waals surface area contributed by atoms with Gasteiger partial charge in [-0.1, -0.05) is 30.3 Å². The molecule has 3 rings (SSSR count). The zero-order chi connectivity index (χ0) is 19.9. The Labute approximate surface area is 160 Å². The van der Waals surface area contributed by atoms with Crippen molar-refractivity contribution in [3.05, 3.63) is 95.3 Å². The molecular weight excluding hydrogens is 364 g/mol. The van der Waals surface area contributed by atoms with Crippen LogP contribution < -0.4 is 10.6 Å². The van der Waals surface area contributed by atoms with Crippen molar-refractivity contribution in [3.8, 4) is 0 Å². The predicted molar refractivity (Wildman–Crippen MR) is 101 cm³/mol. The molecule has 0 atom stereocenters. The highest BCUT2D eigenvalue weighted by Crippen LogP contribution is 2.14. The molecule has 28 heavy (non-hydrogen) atoms. The van der Waals surface area contributed by atoms with Crippen LogP contribution in [0.2, 0.25) is 0 Å². The molecule has 1 heterocycles. The van der Waals surface area contributed by atoms with Crippen LogP contribution in [0.25, 0.3) is 0 Å². The highest BCUT2D eigenvalue weighted by atomic mass is 19.2. The first-order valence-electron chi connectivity index (χ1n) is 8.57. The maximum atomic E-state index is 13.3. The number of pyridine rings is 1. The van der Waals surface area contributed by atoms with Crippen LogP contribution in [-0.2, 0) is 6.42 Å². The average molecular weight is 381 g/mol. The van der Waals surface area contributed by atoms with E-state index in [2.05, 4.69) is 15.6 Å². The second-order valence-electron chi connectivity index (χ2n) is 6.00. The number of anilines is 1. The standard InChI is InChI=1S/C21H17F2N3O2/c22-17-7-6-16(13-18(17)23)26-20(27)15-9-11-24-19(12-15)21(28)25-10-8-14-4-2-1-3-5-14/h1-7,9,11-13H,8,10H2,(H,25,28)(H,26,27). The van der Waals surface area contributed by atoms with Crippen molar-refractivity contribution in [2.24, 2.45) is 0 Å². The summed E-state index contributed by atoms with van der Waals surface area (Å²) in [4.78, 5) is 28.5. The molecule has 0 radical (unpaired) electrons. The summed E-state index contributed by atoms with van der Waals surface area (Å²) >= 11 is 0. The lowest BCUT2D eigenvalue weighted by atomic mass is 10.1. The Morgan fingerprint density at radius 1 is 0.893 bits per heavy atom. The highest BCUT2D eigenvalue weighted by molar-refractivity contribution is 6.05. The molecule has 2 aromatic carbocycles. The van der Waals surface area contributed by atoms with Crippen molar-refractivity contribution in [1.29, 1.82) is 0 Å². The summed E-state index contributed by atoms with van der Waals surface area (Å²) in [6.45, 7) is 0.426. The van der Waals surface area contributed by atoms with Crippen LogP contribution in [0.5, 0.6) is 0 Å². The SMILES string of the molecule is O=C(Nc1ccc(F)c(F)c1)c1ccnc(C(=O)NCCc2ccccc2)c1. The molecule has 0 saturated carbocycles. The zero-order valence-electron chi connectivity index (χ0n) is 14.8. The molecular formula is C21H17F2N3O2. The fourth-order valence-electron chi connectivity index (χ4n) is 2.53. The third kappa shape index (κ3) is 4.97. The minimum Gasteiger partial charge on any atom is -0.350 e. The van der Waals surface area contributed by atoms with Crippen LogP contribution in [0.4, 0.5) is 14.5 Å². The Kier molecular flexibility index (Phi) is 6.06. The van der Waals surface area contributed by atoms with E-state index in [1.165, 1.54) is 24.4 Å². The van der Waals surface area contributed by atoms with E-state index in [1.807, 2.05) is 30.3 Å². The van der Waals surface area contributed by atoms with Gasteiger partial charge in [0.05, 0.1) is 0 Å². The minimum absolute atomic E-state index is 0.0889. The van der Waals surface area contributed by atoms with Gasteiger partial charge in [-0.05, 0) is 36.2 Å². The molecule has 142 valence electrons. The molecule has 2 amide bonds. The van der Waals surface area contributed by atoms with Gasteiger partial charge < -0.3 is 10.6 Å². The van der Waals surface area contributed by atoms with E-state index in [0.717, 1.165) is 17.7 Å². The van der Waals surface area contributed by atoms with E-state index in [4.69, 9.17) is 0 Å². The second kappa shape index (κ2) is 8.85. The number of nitrogens with zero attached hydrogens (tertiary/aromatic N) is 1. The maximum absolute atomic E-state index is 13.3. The van der Waals surface area contributed by atoms with Crippen LogP contribution in [0.15, 0.2) is 66.9 Å². The average Bonchev–Trinajstić information content (AvgIpc) is 2.71. The Bertz CT molecular complexity index is 994. The molecule has 2 N–H and O–H groups in total.